The summed E-state index contributed by atoms with van der Waals surface area (Å²) in [5.74, 6) is -0.0979. The van der Waals surface area contributed by atoms with Crippen LogP contribution in [0.4, 0.5) is 0 Å². The van der Waals surface area contributed by atoms with Gasteiger partial charge in [-0.2, -0.15) is 0 Å². The zero-order valence-corrected chi connectivity index (χ0v) is 11.9. The van der Waals surface area contributed by atoms with Gasteiger partial charge in [0.25, 0.3) is 0 Å². The topological polar surface area (TPSA) is 58.6 Å². The van der Waals surface area contributed by atoms with Crippen molar-refractivity contribution in [1.82, 2.24) is 10.2 Å². The van der Waals surface area contributed by atoms with Crippen molar-refractivity contribution < 1.29 is 14.3 Å². The molecule has 0 aromatic rings. The maximum absolute atomic E-state index is 12.1. The zero-order valence-electron chi connectivity index (χ0n) is 11.9. The van der Waals surface area contributed by atoms with Crippen molar-refractivity contribution in [3.05, 3.63) is 0 Å². The molecule has 1 N–H and O–H groups in total. The van der Waals surface area contributed by atoms with Crippen LogP contribution >= 0.6 is 0 Å². The molecule has 1 saturated heterocycles. The van der Waals surface area contributed by atoms with Gasteiger partial charge in [-0.3, -0.25) is 9.59 Å². The predicted octanol–water partition coefficient (Wildman–Crippen LogP) is 0.927. The standard InChI is InChI=1S/C13H24N2O3/c1-6-10-12(17)15(9(2)11(16)14-10)7-8-18-13(3,4)5/h9-10H,6-8H2,1-5H3,(H,14,16). The minimum Gasteiger partial charge on any atom is -0.374 e. The second kappa shape index (κ2) is 5.69. The summed E-state index contributed by atoms with van der Waals surface area (Å²) in [5, 5.41) is 2.73. The predicted molar refractivity (Wildman–Crippen MR) is 69.1 cm³/mol. The van der Waals surface area contributed by atoms with E-state index >= 15 is 0 Å². The highest BCUT2D eigenvalue weighted by Crippen LogP contribution is 2.13. The summed E-state index contributed by atoms with van der Waals surface area (Å²) in [7, 11) is 0. The third kappa shape index (κ3) is 3.70. The molecule has 0 bridgehead atoms. The summed E-state index contributed by atoms with van der Waals surface area (Å²) < 4.78 is 5.61. The van der Waals surface area contributed by atoms with Crippen molar-refractivity contribution in [1.29, 1.82) is 0 Å². The molecule has 0 radical (unpaired) electrons. The van der Waals surface area contributed by atoms with Crippen LogP contribution in [0.25, 0.3) is 0 Å². The van der Waals surface area contributed by atoms with Gasteiger partial charge in [0.1, 0.15) is 12.1 Å². The summed E-state index contributed by atoms with van der Waals surface area (Å²) >= 11 is 0. The van der Waals surface area contributed by atoms with E-state index in [2.05, 4.69) is 5.32 Å². The lowest BCUT2D eigenvalue weighted by molar-refractivity contribution is -0.150. The molecular weight excluding hydrogens is 232 g/mol. The third-order valence-corrected chi connectivity index (χ3v) is 3.02. The molecule has 2 atom stereocenters. The van der Waals surface area contributed by atoms with Gasteiger partial charge in [-0.05, 0) is 34.1 Å². The molecule has 1 fully saturated rings. The molecule has 0 aromatic heterocycles. The Morgan fingerprint density at radius 2 is 1.94 bits per heavy atom. The van der Waals surface area contributed by atoms with Crippen LogP contribution in [-0.2, 0) is 14.3 Å². The third-order valence-electron chi connectivity index (χ3n) is 3.02. The van der Waals surface area contributed by atoms with Gasteiger partial charge in [0.2, 0.25) is 11.8 Å². The Morgan fingerprint density at radius 1 is 1.33 bits per heavy atom. The van der Waals surface area contributed by atoms with Crippen molar-refractivity contribution in [2.75, 3.05) is 13.2 Å². The number of amides is 2. The molecule has 5 heteroatoms. The van der Waals surface area contributed by atoms with Crippen molar-refractivity contribution >= 4 is 11.8 Å². The SMILES string of the molecule is CCC1NC(=O)C(C)N(CCOC(C)(C)C)C1=O. The number of rotatable bonds is 4. The fraction of sp³-hybridized carbons (Fsp3) is 0.846. The molecule has 1 aliphatic rings. The first-order valence-corrected chi connectivity index (χ1v) is 6.51. The van der Waals surface area contributed by atoms with E-state index in [0.717, 1.165) is 0 Å². The molecule has 0 saturated carbocycles. The maximum atomic E-state index is 12.1. The maximum Gasteiger partial charge on any atom is 0.245 e. The Hall–Kier alpha value is -1.10. The second-order valence-electron chi connectivity index (χ2n) is 5.64. The fourth-order valence-corrected chi connectivity index (χ4v) is 1.92. The molecule has 104 valence electrons. The Bertz CT molecular complexity index is 323. The Morgan fingerprint density at radius 3 is 2.44 bits per heavy atom. The number of carbonyl (C=O) groups excluding carboxylic acids is 2. The van der Waals surface area contributed by atoms with E-state index < -0.39 is 6.04 Å². The largest absolute Gasteiger partial charge is 0.374 e. The number of nitrogens with zero attached hydrogens (tertiary/aromatic N) is 1. The smallest absolute Gasteiger partial charge is 0.245 e. The van der Waals surface area contributed by atoms with E-state index in [9.17, 15) is 9.59 Å². The number of piperazine rings is 1. The van der Waals surface area contributed by atoms with Crippen LogP contribution in [0.3, 0.4) is 0 Å². The minimum atomic E-state index is -0.413. The van der Waals surface area contributed by atoms with Crippen LogP contribution in [-0.4, -0.2) is 47.6 Å². The lowest BCUT2D eigenvalue weighted by atomic mass is 10.1. The first-order valence-electron chi connectivity index (χ1n) is 6.51. The summed E-state index contributed by atoms with van der Waals surface area (Å²) in [6.45, 7) is 10.4. The molecule has 5 nitrogen and oxygen atoms in total. The molecule has 18 heavy (non-hydrogen) atoms. The van der Waals surface area contributed by atoms with Crippen molar-refractivity contribution in [3.8, 4) is 0 Å². The average Bonchev–Trinajstić information content (AvgIpc) is 2.26. The van der Waals surface area contributed by atoms with Gasteiger partial charge < -0.3 is 15.0 Å². The molecule has 2 unspecified atom stereocenters. The van der Waals surface area contributed by atoms with Crippen molar-refractivity contribution in [2.24, 2.45) is 0 Å². The number of ether oxygens (including phenoxy) is 1. The van der Waals surface area contributed by atoms with Gasteiger partial charge in [0, 0.05) is 6.54 Å². The van der Waals surface area contributed by atoms with Crippen LogP contribution < -0.4 is 5.32 Å². The van der Waals surface area contributed by atoms with Crippen molar-refractivity contribution in [2.45, 2.75) is 58.7 Å². The lowest BCUT2D eigenvalue weighted by Gasteiger charge is -2.37. The first kappa shape index (κ1) is 15.0. The van der Waals surface area contributed by atoms with Gasteiger partial charge >= 0.3 is 0 Å². The molecule has 1 heterocycles. The zero-order chi connectivity index (χ0) is 13.9. The van der Waals surface area contributed by atoms with Gasteiger partial charge in [-0.1, -0.05) is 6.92 Å². The second-order valence-corrected chi connectivity index (χ2v) is 5.64. The van der Waals surface area contributed by atoms with E-state index in [1.54, 1.807) is 11.8 Å². The molecule has 2 amide bonds. The highest BCUT2D eigenvalue weighted by Gasteiger charge is 2.36. The molecule has 0 spiro atoms. The summed E-state index contributed by atoms with van der Waals surface area (Å²) in [6.07, 6.45) is 0.619. The summed E-state index contributed by atoms with van der Waals surface area (Å²) in [4.78, 5) is 25.5. The molecule has 1 rings (SSSR count). The molecule has 0 aliphatic carbocycles. The molecule has 1 aliphatic heterocycles. The number of hydrogen-bond donors (Lipinski definition) is 1. The van der Waals surface area contributed by atoms with Gasteiger partial charge in [0.05, 0.1) is 12.2 Å². The number of carbonyl (C=O) groups is 2. The number of nitrogens with one attached hydrogen (secondary N) is 1. The summed E-state index contributed by atoms with van der Waals surface area (Å²) in [5.41, 5.74) is -0.228. The van der Waals surface area contributed by atoms with Crippen LogP contribution in [0.1, 0.15) is 41.0 Å². The fourth-order valence-electron chi connectivity index (χ4n) is 1.92. The van der Waals surface area contributed by atoms with E-state index in [4.69, 9.17) is 4.74 Å². The molecular formula is C13H24N2O3. The normalized spacial score (nSPS) is 25.3. The van der Waals surface area contributed by atoms with Crippen LogP contribution in [0.15, 0.2) is 0 Å². The van der Waals surface area contributed by atoms with E-state index in [1.165, 1.54) is 0 Å². The van der Waals surface area contributed by atoms with Crippen LogP contribution in [0.5, 0.6) is 0 Å². The lowest BCUT2D eigenvalue weighted by Crippen LogP contribution is -2.62. The Kier molecular flexibility index (Phi) is 4.73. The van der Waals surface area contributed by atoms with E-state index in [-0.39, 0.29) is 23.5 Å². The molecule has 0 aromatic carbocycles. The highest BCUT2D eigenvalue weighted by atomic mass is 16.5. The van der Waals surface area contributed by atoms with Crippen molar-refractivity contribution in [3.63, 3.8) is 0 Å². The number of hydrogen-bond acceptors (Lipinski definition) is 3. The minimum absolute atomic E-state index is 0.0119. The van der Waals surface area contributed by atoms with E-state index in [1.807, 2.05) is 27.7 Å². The summed E-state index contributed by atoms with van der Waals surface area (Å²) in [6, 6.07) is -0.799. The van der Waals surface area contributed by atoms with Gasteiger partial charge in [-0.25, -0.2) is 0 Å². The average molecular weight is 256 g/mol. The Balaban J connectivity index is 2.60. The van der Waals surface area contributed by atoms with Gasteiger partial charge in [0.15, 0.2) is 0 Å². The van der Waals surface area contributed by atoms with E-state index in [0.29, 0.717) is 19.6 Å². The quantitative estimate of drug-likeness (QED) is 0.814. The Labute approximate surface area is 109 Å². The van der Waals surface area contributed by atoms with Crippen LogP contribution in [0.2, 0.25) is 0 Å². The monoisotopic (exact) mass is 256 g/mol. The highest BCUT2D eigenvalue weighted by molar-refractivity contribution is 5.96. The van der Waals surface area contributed by atoms with Crippen LogP contribution in [0, 0.1) is 0 Å². The van der Waals surface area contributed by atoms with Gasteiger partial charge in [-0.15, -0.1) is 0 Å². The first-order chi connectivity index (χ1) is 8.26.